The summed E-state index contributed by atoms with van der Waals surface area (Å²) in [6, 6.07) is 1.89. The topological polar surface area (TPSA) is 97.4 Å². The monoisotopic (exact) mass is 700 g/mol. The molecule has 246 valence electrons. The predicted octanol–water partition coefficient (Wildman–Crippen LogP) is 7.66. The number of benzene rings is 2. The first-order chi connectivity index (χ1) is 22.2. The highest BCUT2D eigenvalue weighted by atomic mass is 35.5. The van der Waals surface area contributed by atoms with Crippen molar-refractivity contribution >= 4 is 63.0 Å². The minimum Gasteiger partial charge on any atom is -0.397 e. The smallest absolute Gasteiger partial charge is 0.261 e. The number of halogens is 5. The largest absolute Gasteiger partial charge is 0.397 e. The van der Waals surface area contributed by atoms with Crippen molar-refractivity contribution in [2.24, 2.45) is 0 Å². The van der Waals surface area contributed by atoms with Crippen LogP contribution in [0.3, 0.4) is 0 Å². The number of piperazine rings is 1. The van der Waals surface area contributed by atoms with E-state index in [-0.39, 0.29) is 61.7 Å². The summed E-state index contributed by atoms with van der Waals surface area (Å²) in [5, 5.41) is -0.373. The number of nitrogens with two attached hydrogens (primary N) is 1. The van der Waals surface area contributed by atoms with Crippen molar-refractivity contribution in [2.75, 3.05) is 23.7 Å². The summed E-state index contributed by atoms with van der Waals surface area (Å²) in [5.41, 5.74) is 7.46. The standard InChI is InChI=1S/C34H33Cl3F2N6O2/c1-7-23(46)43-12-17-8-19-31(44(17)11-16(43)6)18-9-22(38)24(25-27(39)20(35)10-21(36)28(25)40)26(37)32(18)45(34(19)47)33-29(14(2)3)41-13-42-30(33)15(4)5/h7,9-10,13-17H,1,8,11-12,40H2,2-6H3. The predicted molar refractivity (Wildman–Crippen MR) is 184 cm³/mol. The molecule has 8 nitrogen and oxygen atoms in total. The third kappa shape index (κ3) is 5.07. The Morgan fingerprint density at radius 2 is 1.66 bits per heavy atom. The second-order valence-electron chi connectivity index (χ2n) is 12.7. The van der Waals surface area contributed by atoms with Gasteiger partial charge in [-0.25, -0.2) is 18.7 Å². The molecule has 2 aliphatic heterocycles. The number of hydrogen-bond donors (Lipinski definition) is 1. The van der Waals surface area contributed by atoms with Crippen LogP contribution in [0.25, 0.3) is 27.7 Å². The van der Waals surface area contributed by atoms with Crippen molar-refractivity contribution in [1.29, 1.82) is 0 Å². The van der Waals surface area contributed by atoms with Gasteiger partial charge >= 0.3 is 0 Å². The van der Waals surface area contributed by atoms with Gasteiger partial charge < -0.3 is 15.5 Å². The molecule has 47 heavy (non-hydrogen) atoms. The second kappa shape index (κ2) is 12.1. The number of pyridine rings is 1. The van der Waals surface area contributed by atoms with Gasteiger partial charge in [-0.05, 0) is 37.0 Å². The number of fused-ring (bicyclic) bond motifs is 5. The van der Waals surface area contributed by atoms with Crippen LogP contribution in [0.15, 0.2) is 35.9 Å². The molecule has 0 saturated carbocycles. The fourth-order valence-electron chi connectivity index (χ4n) is 6.94. The number of aromatic nitrogens is 3. The van der Waals surface area contributed by atoms with E-state index in [2.05, 4.69) is 16.5 Å². The zero-order chi connectivity index (χ0) is 34.2. The summed E-state index contributed by atoms with van der Waals surface area (Å²) in [7, 11) is 0. The van der Waals surface area contributed by atoms with Crippen LogP contribution in [0.5, 0.6) is 0 Å². The Morgan fingerprint density at radius 1 is 1.02 bits per heavy atom. The first kappa shape index (κ1) is 33.2. The third-order valence-electron chi connectivity index (χ3n) is 9.10. The molecular weight excluding hydrogens is 669 g/mol. The molecule has 4 heterocycles. The van der Waals surface area contributed by atoms with E-state index in [1.54, 1.807) is 4.90 Å². The Balaban J connectivity index is 1.79. The number of nitrogens with zero attached hydrogens (tertiary/aromatic N) is 5. The minimum atomic E-state index is -1.01. The van der Waals surface area contributed by atoms with Crippen molar-refractivity contribution < 1.29 is 13.6 Å². The maximum absolute atomic E-state index is 16.5. The van der Waals surface area contributed by atoms with Gasteiger partial charge in [0.05, 0.1) is 55.1 Å². The second-order valence-corrected chi connectivity index (χ2v) is 13.9. The Morgan fingerprint density at radius 3 is 2.26 bits per heavy atom. The summed E-state index contributed by atoms with van der Waals surface area (Å²) < 4.78 is 33.7. The molecule has 0 radical (unpaired) electrons. The Kier molecular flexibility index (Phi) is 8.51. The van der Waals surface area contributed by atoms with Gasteiger partial charge in [0.1, 0.15) is 12.1 Å². The number of carbonyl (C=O) groups excluding carboxylic acids is 1. The molecule has 2 aliphatic rings. The normalized spacial score (nSPS) is 17.5. The number of hydrogen-bond acceptors (Lipinski definition) is 6. The van der Waals surface area contributed by atoms with Crippen molar-refractivity contribution in [3.63, 3.8) is 0 Å². The van der Waals surface area contributed by atoms with Crippen LogP contribution < -0.4 is 16.2 Å². The van der Waals surface area contributed by atoms with Gasteiger partial charge in [-0.15, -0.1) is 0 Å². The molecular formula is C34H33Cl3F2N6O2. The average molecular weight is 702 g/mol. The summed E-state index contributed by atoms with van der Waals surface area (Å²) in [6.07, 6.45) is 3.03. The summed E-state index contributed by atoms with van der Waals surface area (Å²) in [4.78, 5) is 40.6. The van der Waals surface area contributed by atoms with Gasteiger partial charge in [0.2, 0.25) is 5.91 Å². The Labute approximate surface area is 285 Å². The van der Waals surface area contributed by atoms with E-state index in [9.17, 15) is 9.59 Å². The van der Waals surface area contributed by atoms with Crippen LogP contribution in [0, 0.1) is 11.6 Å². The summed E-state index contributed by atoms with van der Waals surface area (Å²) in [5.74, 6) is -2.39. The molecule has 2 N–H and O–H groups in total. The lowest BCUT2D eigenvalue weighted by Crippen LogP contribution is -2.57. The number of anilines is 2. The Hall–Kier alpha value is -3.73. The molecule has 6 rings (SSSR count). The molecule has 0 spiro atoms. The van der Waals surface area contributed by atoms with Crippen molar-refractivity contribution in [2.45, 2.75) is 65.0 Å². The number of amides is 1. The summed E-state index contributed by atoms with van der Waals surface area (Å²) in [6.45, 7) is 14.0. The molecule has 0 aliphatic carbocycles. The van der Waals surface area contributed by atoms with Crippen molar-refractivity contribution in [3.8, 4) is 16.8 Å². The van der Waals surface area contributed by atoms with Crippen LogP contribution in [0.4, 0.5) is 20.2 Å². The minimum absolute atomic E-state index is 0.0854. The SMILES string of the molecule is C=CC(=O)N1CC2Cc3c(c4cc(F)c(-c5c(N)c(Cl)cc(Cl)c5F)c(Cl)c4n(-c4c(C(C)C)ncnc4C(C)C)c3=O)N2CC1C. The highest BCUT2D eigenvalue weighted by Crippen LogP contribution is 2.48. The van der Waals surface area contributed by atoms with Crippen LogP contribution in [-0.2, 0) is 11.2 Å². The van der Waals surface area contributed by atoms with Crippen LogP contribution in [-0.4, -0.2) is 50.5 Å². The summed E-state index contributed by atoms with van der Waals surface area (Å²) >= 11 is 19.6. The third-order valence-corrected chi connectivity index (χ3v) is 10.1. The first-order valence-electron chi connectivity index (χ1n) is 15.3. The molecule has 2 aromatic carbocycles. The lowest BCUT2D eigenvalue weighted by atomic mass is 9.97. The molecule has 1 saturated heterocycles. The van der Waals surface area contributed by atoms with Crippen molar-refractivity contribution in [3.05, 3.63) is 85.1 Å². The molecule has 2 aromatic heterocycles. The molecule has 1 amide bonds. The van der Waals surface area contributed by atoms with E-state index in [0.29, 0.717) is 53.2 Å². The van der Waals surface area contributed by atoms with E-state index < -0.39 is 22.8 Å². The number of rotatable bonds is 5. The highest BCUT2D eigenvalue weighted by molar-refractivity contribution is 6.40. The van der Waals surface area contributed by atoms with Gasteiger partial charge in [0.25, 0.3) is 5.56 Å². The van der Waals surface area contributed by atoms with E-state index in [0.717, 1.165) is 6.07 Å². The van der Waals surface area contributed by atoms with E-state index in [4.69, 9.17) is 40.5 Å². The molecule has 2 unspecified atom stereocenters. The zero-order valence-corrected chi connectivity index (χ0v) is 28.7. The average Bonchev–Trinajstić information content (AvgIpc) is 3.40. The Bertz CT molecular complexity index is 2010. The van der Waals surface area contributed by atoms with E-state index in [1.165, 1.54) is 23.0 Å². The zero-order valence-electron chi connectivity index (χ0n) is 26.5. The maximum Gasteiger partial charge on any atom is 0.261 e. The molecule has 2 atom stereocenters. The molecule has 4 aromatic rings. The first-order valence-corrected chi connectivity index (χ1v) is 16.4. The fourth-order valence-corrected chi connectivity index (χ4v) is 7.78. The number of carbonyl (C=O) groups is 1. The van der Waals surface area contributed by atoms with Gasteiger partial charge in [0, 0.05) is 47.6 Å². The van der Waals surface area contributed by atoms with Crippen LogP contribution in [0.1, 0.15) is 63.4 Å². The quantitative estimate of drug-likeness (QED) is 0.130. The van der Waals surface area contributed by atoms with Crippen LogP contribution >= 0.6 is 34.8 Å². The van der Waals surface area contributed by atoms with Gasteiger partial charge in [-0.3, -0.25) is 14.2 Å². The van der Waals surface area contributed by atoms with Gasteiger partial charge in [-0.1, -0.05) is 69.1 Å². The van der Waals surface area contributed by atoms with Gasteiger partial charge in [-0.2, -0.15) is 0 Å². The van der Waals surface area contributed by atoms with Crippen molar-refractivity contribution in [1.82, 2.24) is 19.4 Å². The maximum atomic E-state index is 16.5. The number of nitrogen functional groups attached to an aromatic ring is 1. The lowest BCUT2D eigenvalue weighted by Gasteiger charge is -2.43. The fraction of sp³-hybridized carbons (Fsp3) is 0.353. The van der Waals surface area contributed by atoms with Gasteiger partial charge in [0.15, 0.2) is 5.82 Å². The lowest BCUT2D eigenvalue weighted by molar-refractivity contribution is -0.128. The molecule has 0 bridgehead atoms. The molecule has 13 heteroatoms. The van der Waals surface area contributed by atoms with E-state index >= 15 is 8.78 Å². The van der Waals surface area contributed by atoms with Crippen LogP contribution in [0.2, 0.25) is 15.1 Å². The molecule has 1 fully saturated rings. The van der Waals surface area contributed by atoms with E-state index in [1.807, 2.05) is 39.5 Å². The highest BCUT2D eigenvalue weighted by Gasteiger charge is 2.42.